The van der Waals surface area contributed by atoms with Gasteiger partial charge in [0.05, 0.1) is 18.0 Å². The molecule has 0 saturated heterocycles. The largest absolute Gasteiger partial charge is 0.496 e. The second kappa shape index (κ2) is 5.97. The Labute approximate surface area is 127 Å². The van der Waals surface area contributed by atoms with Crippen molar-refractivity contribution in [3.8, 4) is 11.5 Å². The average molecular weight is 301 g/mol. The summed E-state index contributed by atoms with van der Waals surface area (Å²) in [5.74, 6) is 1.28. The Morgan fingerprint density at radius 2 is 1.90 bits per heavy atom. The SMILES string of the molecule is COc1cc(OCc2ccccc2)cc2ncnc(Cl)c12. The number of hydrogen-bond acceptors (Lipinski definition) is 4. The zero-order valence-electron chi connectivity index (χ0n) is 11.4. The van der Waals surface area contributed by atoms with Gasteiger partial charge >= 0.3 is 0 Å². The van der Waals surface area contributed by atoms with Crippen molar-refractivity contribution in [2.24, 2.45) is 0 Å². The lowest BCUT2D eigenvalue weighted by molar-refractivity contribution is 0.304. The summed E-state index contributed by atoms with van der Waals surface area (Å²) in [4.78, 5) is 8.18. The monoisotopic (exact) mass is 300 g/mol. The maximum absolute atomic E-state index is 6.09. The number of benzene rings is 2. The van der Waals surface area contributed by atoms with Crippen molar-refractivity contribution in [3.05, 3.63) is 59.5 Å². The van der Waals surface area contributed by atoms with Crippen LogP contribution in [-0.4, -0.2) is 17.1 Å². The van der Waals surface area contributed by atoms with Crippen LogP contribution in [0.3, 0.4) is 0 Å². The third kappa shape index (κ3) is 2.90. The molecule has 0 fully saturated rings. The molecule has 0 saturated carbocycles. The van der Waals surface area contributed by atoms with Crippen LogP contribution in [0.15, 0.2) is 48.8 Å². The second-order valence-electron chi connectivity index (χ2n) is 4.46. The van der Waals surface area contributed by atoms with Crippen molar-refractivity contribution in [3.63, 3.8) is 0 Å². The van der Waals surface area contributed by atoms with E-state index in [0.717, 1.165) is 5.56 Å². The van der Waals surface area contributed by atoms with Gasteiger partial charge in [-0.25, -0.2) is 9.97 Å². The van der Waals surface area contributed by atoms with E-state index < -0.39 is 0 Å². The minimum atomic E-state index is 0.367. The van der Waals surface area contributed by atoms with Crippen molar-refractivity contribution in [1.82, 2.24) is 9.97 Å². The normalized spacial score (nSPS) is 10.6. The summed E-state index contributed by atoms with van der Waals surface area (Å²) in [5, 5.41) is 1.06. The maximum Gasteiger partial charge on any atom is 0.144 e. The van der Waals surface area contributed by atoms with Crippen LogP contribution in [-0.2, 0) is 6.61 Å². The van der Waals surface area contributed by atoms with Crippen LogP contribution < -0.4 is 9.47 Å². The molecule has 2 aromatic carbocycles. The Morgan fingerprint density at radius 1 is 1.10 bits per heavy atom. The van der Waals surface area contributed by atoms with Gasteiger partial charge in [0.2, 0.25) is 0 Å². The van der Waals surface area contributed by atoms with Crippen molar-refractivity contribution in [2.75, 3.05) is 7.11 Å². The molecule has 3 rings (SSSR count). The first-order chi connectivity index (χ1) is 10.3. The number of rotatable bonds is 4. The highest BCUT2D eigenvalue weighted by atomic mass is 35.5. The summed E-state index contributed by atoms with van der Waals surface area (Å²) in [5.41, 5.74) is 1.79. The van der Waals surface area contributed by atoms with Crippen LogP contribution in [0.4, 0.5) is 0 Å². The number of ether oxygens (including phenoxy) is 2. The molecular weight excluding hydrogens is 288 g/mol. The number of nitrogens with zero attached hydrogens (tertiary/aromatic N) is 2. The maximum atomic E-state index is 6.09. The minimum absolute atomic E-state index is 0.367. The van der Waals surface area contributed by atoms with Gasteiger partial charge in [-0.1, -0.05) is 41.9 Å². The Kier molecular flexibility index (Phi) is 3.88. The highest BCUT2D eigenvalue weighted by molar-refractivity contribution is 6.34. The van der Waals surface area contributed by atoms with Crippen molar-refractivity contribution in [2.45, 2.75) is 6.61 Å². The first-order valence-electron chi connectivity index (χ1n) is 6.43. The molecule has 4 nitrogen and oxygen atoms in total. The second-order valence-corrected chi connectivity index (χ2v) is 4.82. The summed E-state index contributed by atoms with van der Waals surface area (Å²) in [6.07, 6.45) is 1.42. The van der Waals surface area contributed by atoms with Gasteiger partial charge in [0, 0.05) is 12.1 Å². The quantitative estimate of drug-likeness (QED) is 0.686. The Bertz CT molecular complexity index is 763. The van der Waals surface area contributed by atoms with Crippen LogP contribution in [0.2, 0.25) is 5.15 Å². The molecule has 0 unspecified atom stereocenters. The van der Waals surface area contributed by atoms with E-state index in [1.54, 1.807) is 13.2 Å². The molecule has 21 heavy (non-hydrogen) atoms. The van der Waals surface area contributed by atoms with Crippen molar-refractivity contribution >= 4 is 22.5 Å². The molecule has 0 amide bonds. The van der Waals surface area contributed by atoms with Crippen LogP contribution in [0.1, 0.15) is 5.56 Å². The highest BCUT2D eigenvalue weighted by Gasteiger charge is 2.11. The summed E-state index contributed by atoms with van der Waals surface area (Å²) in [7, 11) is 1.58. The lowest BCUT2D eigenvalue weighted by Gasteiger charge is -2.11. The molecule has 1 heterocycles. The van der Waals surface area contributed by atoms with Gasteiger partial charge in [-0.2, -0.15) is 0 Å². The summed E-state index contributed by atoms with van der Waals surface area (Å²) in [6, 6.07) is 13.6. The van der Waals surface area contributed by atoms with Crippen LogP contribution >= 0.6 is 11.6 Å². The standard InChI is InChI=1S/C16H13ClN2O2/c1-20-14-8-12(21-9-11-5-3-2-4-6-11)7-13-15(14)16(17)19-10-18-13/h2-8,10H,9H2,1H3. The molecule has 0 aliphatic carbocycles. The van der Waals surface area contributed by atoms with Crippen LogP contribution in [0.25, 0.3) is 10.9 Å². The van der Waals surface area contributed by atoms with Crippen molar-refractivity contribution in [1.29, 1.82) is 0 Å². The Morgan fingerprint density at radius 3 is 2.67 bits per heavy atom. The van der Waals surface area contributed by atoms with E-state index >= 15 is 0 Å². The topological polar surface area (TPSA) is 44.2 Å². The first-order valence-corrected chi connectivity index (χ1v) is 6.80. The first kappa shape index (κ1) is 13.6. The van der Waals surface area contributed by atoms with E-state index in [0.29, 0.717) is 34.2 Å². The molecule has 0 spiro atoms. The molecular formula is C16H13ClN2O2. The molecule has 0 bridgehead atoms. The van der Waals surface area contributed by atoms with Crippen molar-refractivity contribution < 1.29 is 9.47 Å². The van der Waals surface area contributed by atoms with E-state index in [1.807, 2.05) is 36.4 Å². The lowest BCUT2D eigenvalue weighted by atomic mass is 10.2. The number of hydrogen-bond donors (Lipinski definition) is 0. The zero-order valence-corrected chi connectivity index (χ0v) is 12.2. The molecule has 0 aliphatic heterocycles. The summed E-state index contributed by atoms with van der Waals surface area (Å²) in [6.45, 7) is 0.480. The van der Waals surface area contributed by atoms with E-state index in [4.69, 9.17) is 21.1 Å². The number of methoxy groups -OCH3 is 1. The molecule has 0 N–H and O–H groups in total. The van der Waals surface area contributed by atoms with Gasteiger partial charge in [0.1, 0.15) is 29.6 Å². The van der Waals surface area contributed by atoms with E-state index in [1.165, 1.54) is 6.33 Å². The molecule has 3 aromatic rings. The molecule has 5 heteroatoms. The summed E-state index contributed by atoms with van der Waals surface area (Å²) >= 11 is 6.09. The number of aromatic nitrogens is 2. The van der Waals surface area contributed by atoms with E-state index in [-0.39, 0.29) is 0 Å². The molecule has 0 aliphatic rings. The van der Waals surface area contributed by atoms with Gasteiger partial charge in [-0.3, -0.25) is 0 Å². The number of halogens is 1. The number of fused-ring (bicyclic) bond motifs is 1. The molecule has 106 valence electrons. The van der Waals surface area contributed by atoms with Crippen LogP contribution in [0.5, 0.6) is 11.5 Å². The summed E-state index contributed by atoms with van der Waals surface area (Å²) < 4.78 is 11.2. The smallest absolute Gasteiger partial charge is 0.144 e. The van der Waals surface area contributed by atoms with Gasteiger partial charge in [0.25, 0.3) is 0 Å². The minimum Gasteiger partial charge on any atom is -0.496 e. The Balaban J connectivity index is 1.93. The Hall–Kier alpha value is -2.33. The third-order valence-electron chi connectivity index (χ3n) is 3.10. The zero-order chi connectivity index (χ0) is 14.7. The highest BCUT2D eigenvalue weighted by Crippen LogP contribution is 2.33. The third-order valence-corrected chi connectivity index (χ3v) is 3.38. The molecule has 0 atom stereocenters. The molecule has 0 radical (unpaired) electrons. The van der Waals surface area contributed by atoms with Crippen LogP contribution in [0, 0.1) is 0 Å². The van der Waals surface area contributed by atoms with E-state index in [9.17, 15) is 0 Å². The van der Waals surface area contributed by atoms with Gasteiger partial charge in [-0.15, -0.1) is 0 Å². The fraction of sp³-hybridized carbons (Fsp3) is 0.125. The lowest BCUT2D eigenvalue weighted by Crippen LogP contribution is -1.97. The fourth-order valence-electron chi connectivity index (χ4n) is 2.08. The van der Waals surface area contributed by atoms with Gasteiger partial charge < -0.3 is 9.47 Å². The van der Waals surface area contributed by atoms with Gasteiger partial charge in [-0.05, 0) is 5.56 Å². The fourth-order valence-corrected chi connectivity index (χ4v) is 2.31. The predicted molar refractivity (Wildman–Crippen MR) is 81.9 cm³/mol. The van der Waals surface area contributed by atoms with Gasteiger partial charge in [0.15, 0.2) is 0 Å². The van der Waals surface area contributed by atoms with E-state index in [2.05, 4.69) is 9.97 Å². The molecule has 1 aromatic heterocycles. The average Bonchev–Trinajstić information content (AvgIpc) is 2.53. The predicted octanol–water partition coefficient (Wildman–Crippen LogP) is 3.87.